The number of fused-ring (bicyclic) bond motifs is 1. The zero-order valence-corrected chi connectivity index (χ0v) is 11.1. The van der Waals surface area contributed by atoms with E-state index in [-0.39, 0.29) is 0 Å². The summed E-state index contributed by atoms with van der Waals surface area (Å²) < 4.78 is 0. The monoisotopic (exact) mass is 232 g/mol. The molecule has 1 aromatic rings. The van der Waals surface area contributed by atoms with Crippen LogP contribution in [0.5, 0.6) is 0 Å². The minimum absolute atomic E-state index is 0.653. The molecule has 2 heteroatoms. The summed E-state index contributed by atoms with van der Waals surface area (Å²) >= 11 is 0. The molecule has 0 saturated heterocycles. The molecule has 0 spiro atoms. The van der Waals surface area contributed by atoms with Gasteiger partial charge >= 0.3 is 0 Å². The first-order chi connectivity index (χ1) is 8.20. The highest BCUT2D eigenvalue weighted by molar-refractivity contribution is 5.34. The highest BCUT2D eigenvalue weighted by Crippen LogP contribution is 2.22. The van der Waals surface area contributed by atoms with Crippen molar-refractivity contribution in [1.29, 1.82) is 0 Å². The van der Waals surface area contributed by atoms with Crippen molar-refractivity contribution >= 4 is 0 Å². The smallest absolute Gasteiger partial charge is 0.0239 e. The summed E-state index contributed by atoms with van der Waals surface area (Å²) in [7, 11) is 0. The lowest BCUT2D eigenvalue weighted by Crippen LogP contribution is -2.35. The predicted molar refractivity (Wildman–Crippen MR) is 73.1 cm³/mol. The average molecular weight is 232 g/mol. The van der Waals surface area contributed by atoms with Crippen LogP contribution in [-0.4, -0.2) is 24.0 Å². The number of hydrogen-bond acceptors (Lipinski definition) is 2. The lowest BCUT2D eigenvalue weighted by atomic mass is 9.95. The second-order valence-electron chi connectivity index (χ2n) is 5.31. The Kier molecular flexibility index (Phi) is 4.19. The molecule has 0 amide bonds. The van der Waals surface area contributed by atoms with Crippen molar-refractivity contribution in [2.24, 2.45) is 5.73 Å². The maximum atomic E-state index is 5.56. The van der Waals surface area contributed by atoms with E-state index >= 15 is 0 Å². The van der Waals surface area contributed by atoms with Gasteiger partial charge < -0.3 is 5.73 Å². The van der Waals surface area contributed by atoms with E-state index in [4.69, 9.17) is 5.73 Å². The molecule has 0 aromatic heterocycles. The molecule has 17 heavy (non-hydrogen) atoms. The van der Waals surface area contributed by atoms with Crippen molar-refractivity contribution in [2.45, 2.75) is 45.7 Å². The van der Waals surface area contributed by atoms with E-state index in [1.807, 2.05) is 0 Å². The lowest BCUT2D eigenvalue weighted by molar-refractivity contribution is 0.203. The molecule has 1 aliphatic rings. The minimum Gasteiger partial charge on any atom is -0.330 e. The summed E-state index contributed by atoms with van der Waals surface area (Å²) in [6.45, 7) is 7.66. The van der Waals surface area contributed by atoms with Crippen molar-refractivity contribution in [3.63, 3.8) is 0 Å². The van der Waals surface area contributed by atoms with E-state index in [0.29, 0.717) is 6.04 Å². The van der Waals surface area contributed by atoms with Crippen molar-refractivity contribution in [2.75, 3.05) is 13.1 Å². The zero-order valence-electron chi connectivity index (χ0n) is 11.1. The largest absolute Gasteiger partial charge is 0.330 e. The van der Waals surface area contributed by atoms with Crippen LogP contribution in [0.25, 0.3) is 0 Å². The quantitative estimate of drug-likeness (QED) is 0.863. The number of aryl methyl sites for hydroxylation is 1. The average Bonchev–Trinajstić information content (AvgIpc) is 2.35. The van der Waals surface area contributed by atoms with Crippen LogP contribution in [-0.2, 0) is 19.4 Å². The summed E-state index contributed by atoms with van der Waals surface area (Å²) in [5.41, 5.74) is 10.1. The molecule has 0 unspecified atom stereocenters. The van der Waals surface area contributed by atoms with Crippen molar-refractivity contribution in [3.05, 3.63) is 34.9 Å². The van der Waals surface area contributed by atoms with Crippen molar-refractivity contribution < 1.29 is 0 Å². The van der Waals surface area contributed by atoms with Gasteiger partial charge in [-0.1, -0.05) is 18.2 Å². The fourth-order valence-corrected chi connectivity index (χ4v) is 2.53. The molecule has 1 heterocycles. The zero-order chi connectivity index (χ0) is 12.3. The van der Waals surface area contributed by atoms with Crippen LogP contribution >= 0.6 is 0 Å². The Morgan fingerprint density at radius 1 is 1.29 bits per heavy atom. The molecule has 2 N–H and O–H groups in total. The van der Waals surface area contributed by atoms with Crippen LogP contribution < -0.4 is 5.73 Å². The molecule has 2 rings (SSSR count). The highest BCUT2D eigenvalue weighted by Gasteiger charge is 2.18. The number of hydrogen-bond donors (Lipinski definition) is 1. The normalized spacial score (nSPS) is 16.2. The van der Waals surface area contributed by atoms with E-state index < -0.39 is 0 Å². The summed E-state index contributed by atoms with van der Waals surface area (Å²) in [5, 5.41) is 0. The third kappa shape index (κ3) is 3.08. The summed E-state index contributed by atoms with van der Waals surface area (Å²) in [6, 6.07) is 7.64. The van der Waals surface area contributed by atoms with Gasteiger partial charge in [0.15, 0.2) is 0 Å². The molecule has 2 nitrogen and oxygen atoms in total. The first kappa shape index (κ1) is 12.6. The number of nitrogens with two attached hydrogens (primary N) is 1. The Bertz CT molecular complexity index is 371. The second kappa shape index (κ2) is 5.65. The molecular weight excluding hydrogens is 208 g/mol. The first-order valence-electron chi connectivity index (χ1n) is 6.75. The summed E-state index contributed by atoms with van der Waals surface area (Å²) in [4.78, 5) is 2.54. The Balaban J connectivity index is 2.08. The van der Waals surface area contributed by atoms with Gasteiger partial charge in [0.2, 0.25) is 0 Å². The molecule has 0 saturated carbocycles. The molecule has 0 bridgehead atoms. The minimum atomic E-state index is 0.653. The number of benzene rings is 1. The molecule has 1 aromatic carbocycles. The van der Waals surface area contributed by atoms with Crippen LogP contribution in [0.3, 0.4) is 0 Å². The van der Waals surface area contributed by atoms with E-state index in [0.717, 1.165) is 25.9 Å². The van der Waals surface area contributed by atoms with Gasteiger partial charge in [0.25, 0.3) is 0 Å². The van der Waals surface area contributed by atoms with Gasteiger partial charge in [-0.05, 0) is 56.3 Å². The van der Waals surface area contributed by atoms with Crippen molar-refractivity contribution in [1.82, 2.24) is 4.90 Å². The fraction of sp³-hybridized carbons (Fsp3) is 0.600. The highest BCUT2D eigenvalue weighted by atomic mass is 15.1. The standard InChI is InChI=1S/C15H24N2/c1-12(2)17-9-7-14-10-13(4-3-8-16)5-6-15(14)11-17/h5-6,10,12H,3-4,7-9,11,16H2,1-2H3. The van der Waals surface area contributed by atoms with E-state index in [9.17, 15) is 0 Å². The molecule has 94 valence electrons. The van der Waals surface area contributed by atoms with Crippen LogP contribution in [0.1, 0.15) is 37.0 Å². The van der Waals surface area contributed by atoms with Gasteiger partial charge in [0, 0.05) is 19.1 Å². The fourth-order valence-electron chi connectivity index (χ4n) is 2.53. The van der Waals surface area contributed by atoms with Gasteiger partial charge in [-0.3, -0.25) is 4.90 Å². The van der Waals surface area contributed by atoms with Gasteiger partial charge in [0.1, 0.15) is 0 Å². The van der Waals surface area contributed by atoms with E-state index in [2.05, 4.69) is 36.9 Å². The van der Waals surface area contributed by atoms with Gasteiger partial charge in [-0.15, -0.1) is 0 Å². The number of nitrogens with zero attached hydrogens (tertiary/aromatic N) is 1. The van der Waals surface area contributed by atoms with E-state index in [1.165, 1.54) is 24.1 Å². The lowest BCUT2D eigenvalue weighted by Gasteiger charge is -2.32. The van der Waals surface area contributed by atoms with Gasteiger partial charge in [-0.2, -0.15) is 0 Å². The number of rotatable bonds is 4. The van der Waals surface area contributed by atoms with Gasteiger partial charge in [0.05, 0.1) is 0 Å². The third-order valence-electron chi connectivity index (χ3n) is 3.71. The topological polar surface area (TPSA) is 29.3 Å². The maximum absolute atomic E-state index is 5.56. The Labute approximate surface area is 105 Å². The Morgan fingerprint density at radius 3 is 2.82 bits per heavy atom. The Hall–Kier alpha value is -0.860. The second-order valence-corrected chi connectivity index (χ2v) is 5.31. The molecular formula is C15H24N2. The van der Waals surface area contributed by atoms with E-state index in [1.54, 1.807) is 5.56 Å². The molecule has 0 aliphatic carbocycles. The predicted octanol–water partition coefficient (Wildman–Crippen LogP) is 2.34. The summed E-state index contributed by atoms with van der Waals surface area (Å²) in [5.74, 6) is 0. The van der Waals surface area contributed by atoms with Crippen molar-refractivity contribution in [3.8, 4) is 0 Å². The van der Waals surface area contributed by atoms with Crippen LogP contribution in [0.15, 0.2) is 18.2 Å². The molecule has 0 atom stereocenters. The molecule has 0 fully saturated rings. The molecule has 1 aliphatic heterocycles. The van der Waals surface area contributed by atoms with Crippen LogP contribution in [0.2, 0.25) is 0 Å². The molecule has 0 radical (unpaired) electrons. The SMILES string of the molecule is CC(C)N1CCc2cc(CCCN)ccc2C1. The first-order valence-corrected chi connectivity index (χ1v) is 6.75. The third-order valence-corrected chi connectivity index (χ3v) is 3.71. The maximum Gasteiger partial charge on any atom is 0.0239 e. The van der Waals surface area contributed by atoms with Crippen LogP contribution in [0.4, 0.5) is 0 Å². The Morgan fingerprint density at radius 2 is 2.12 bits per heavy atom. The van der Waals surface area contributed by atoms with Gasteiger partial charge in [-0.25, -0.2) is 0 Å². The van der Waals surface area contributed by atoms with Crippen LogP contribution in [0, 0.1) is 0 Å². The summed E-state index contributed by atoms with van der Waals surface area (Å²) in [6.07, 6.45) is 3.42.